The minimum absolute atomic E-state index is 0. The number of aromatic amines is 2. The van der Waals surface area contributed by atoms with Crippen molar-refractivity contribution in [1.29, 1.82) is 0 Å². The summed E-state index contributed by atoms with van der Waals surface area (Å²) < 4.78 is 4.72. The Morgan fingerprint density at radius 3 is 1.01 bits per heavy atom. The molecular formula is C94H68BIrN5P+. The zero-order valence-corrected chi connectivity index (χ0v) is 59.4. The van der Waals surface area contributed by atoms with Crippen molar-refractivity contribution in [3.8, 4) is 56.3 Å². The Balaban J connectivity index is 0.000000113. The molecule has 485 valence electrons. The van der Waals surface area contributed by atoms with Crippen LogP contribution in [0.2, 0.25) is 0 Å². The van der Waals surface area contributed by atoms with E-state index in [1.165, 1.54) is 153 Å². The third-order valence-corrected chi connectivity index (χ3v) is 18.9. The number of fused-ring (bicyclic) bond motifs is 15. The summed E-state index contributed by atoms with van der Waals surface area (Å²) in [5.41, 5.74) is 16.5. The van der Waals surface area contributed by atoms with Gasteiger partial charge in [0.2, 0.25) is 11.4 Å². The molecule has 0 fully saturated rings. The Labute approximate surface area is 610 Å². The van der Waals surface area contributed by atoms with Crippen molar-refractivity contribution >= 4 is 125 Å². The van der Waals surface area contributed by atoms with E-state index in [9.17, 15) is 0 Å². The van der Waals surface area contributed by atoms with Gasteiger partial charge >= 0.3 is 0 Å². The molecule has 0 aliphatic rings. The van der Waals surface area contributed by atoms with Gasteiger partial charge in [0.05, 0.1) is 40.7 Å². The normalized spacial score (nSPS) is 11.0. The van der Waals surface area contributed by atoms with Crippen LogP contribution in [0.4, 0.5) is 0 Å². The summed E-state index contributed by atoms with van der Waals surface area (Å²) in [6.07, 6.45) is 5.93. The summed E-state index contributed by atoms with van der Waals surface area (Å²) in [5.74, 6) is 0. The molecule has 1 atom stereocenters. The molecule has 8 heteroatoms. The molecule has 5 nitrogen and oxygen atoms in total. The van der Waals surface area contributed by atoms with E-state index >= 15 is 0 Å². The average Bonchev–Trinajstić information content (AvgIpc) is 1.55. The Hall–Kier alpha value is -11.9. The molecule has 5 aromatic heterocycles. The third-order valence-electron chi connectivity index (χ3n) is 18.9. The number of pyridine rings is 3. The van der Waals surface area contributed by atoms with Crippen molar-refractivity contribution < 1.29 is 30.1 Å². The first-order valence-corrected chi connectivity index (χ1v) is 35.0. The molecule has 15 aromatic carbocycles. The number of benzene rings is 15. The number of aromatic nitrogens is 5. The molecule has 20 aromatic rings. The zero-order chi connectivity index (χ0) is 67.9. The number of hydrogen-bond donors (Lipinski definition) is 0. The van der Waals surface area contributed by atoms with Crippen LogP contribution in [0.15, 0.2) is 377 Å². The van der Waals surface area contributed by atoms with Gasteiger partial charge in [-0.15, -0.1) is 45.1 Å². The smallest absolute Gasteiger partial charge is 0.218 e. The van der Waals surface area contributed by atoms with E-state index in [4.69, 9.17) is 7.85 Å². The first-order valence-electron chi connectivity index (χ1n) is 34.1. The Morgan fingerprint density at radius 1 is 0.294 bits per heavy atom. The van der Waals surface area contributed by atoms with Gasteiger partial charge in [0.15, 0.2) is 12.4 Å². The fourth-order valence-electron chi connectivity index (χ4n) is 14.3. The molecule has 0 bridgehead atoms. The predicted octanol–water partition coefficient (Wildman–Crippen LogP) is 23.3. The standard InChI is InChI=1S/C36H24N2.2C19H13N.C19H12N.CH4BP.Ir/c1-5-13-33-29(9-1)30-10-2-6-14-34(30)37(33)27-21-17-25(18-22-27)26-19-23-28(24-20-26)38-35-15-7-3-11-31(35)32-12-4-8-16-36(32)38;3*1-2-7-15(8-3-1)19-18-11-10-14-6-4-5-9-16(14)17(18)12-13-20-19;2-1-3;/h1-24H;2*1-13H;1-7,9-13H;1,3H2;/q;;;-1;;/p+2. The zero-order valence-electron chi connectivity index (χ0n) is 55.8. The van der Waals surface area contributed by atoms with Gasteiger partial charge in [0.1, 0.15) is 0 Å². The molecule has 1 unspecified atom stereocenters. The number of nitrogens with zero attached hydrogens (tertiary/aromatic N) is 3. The molecule has 0 saturated heterocycles. The van der Waals surface area contributed by atoms with Gasteiger partial charge in [-0.05, 0) is 151 Å². The van der Waals surface area contributed by atoms with Crippen LogP contribution in [0.5, 0.6) is 0 Å². The van der Waals surface area contributed by atoms with Crippen LogP contribution in [0.3, 0.4) is 0 Å². The molecule has 5 heterocycles. The fourth-order valence-corrected chi connectivity index (χ4v) is 14.3. The summed E-state index contributed by atoms with van der Waals surface area (Å²) in [4.78, 5) is 11.3. The number of hydrogen-bond acceptors (Lipinski definition) is 1. The second-order valence-corrected chi connectivity index (χ2v) is 25.3. The molecule has 3 radical (unpaired) electrons. The summed E-state index contributed by atoms with van der Waals surface area (Å²) in [5, 5.41) is 20.4. The summed E-state index contributed by atoms with van der Waals surface area (Å²) >= 11 is 0. The van der Waals surface area contributed by atoms with Crippen LogP contribution in [0.25, 0.3) is 165 Å². The monoisotopic (exact) mass is 1500 g/mol. The molecule has 0 spiro atoms. The van der Waals surface area contributed by atoms with Crippen molar-refractivity contribution in [3.63, 3.8) is 0 Å². The number of nitrogens with one attached hydrogen (secondary N) is 2. The van der Waals surface area contributed by atoms with Crippen molar-refractivity contribution in [2.75, 3.05) is 6.06 Å². The average molecular weight is 1500 g/mol. The molecule has 0 saturated carbocycles. The SMILES string of the molecule is [B]CP.[Ir].[c-]1ccccc1-c1nccc2c1ccc1ccccc12.c1ccc(-c2[nH+]ccc3c2ccc2ccccc23)cc1.c1ccc(-c2[nH+]ccc3c2ccc2ccccc23)cc1.c1ccc2c(c1)c1ccccc1n2-c1ccc(-c2ccc(-n3c4ccccc4c4ccccc43)cc2)cc1. The quantitative estimate of drug-likeness (QED) is 0.0708. The largest absolute Gasteiger partial charge is 0.309 e. The van der Waals surface area contributed by atoms with Crippen molar-refractivity contribution in [2.45, 2.75) is 0 Å². The Morgan fingerprint density at radius 2 is 0.627 bits per heavy atom. The van der Waals surface area contributed by atoms with Crippen LogP contribution in [-0.4, -0.2) is 28.0 Å². The minimum Gasteiger partial charge on any atom is -0.309 e. The third kappa shape index (κ3) is 13.1. The topological polar surface area (TPSA) is 51.0 Å². The van der Waals surface area contributed by atoms with Crippen molar-refractivity contribution in [3.05, 3.63) is 383 Å². The fraction of sp³-hybridized carbons (Fsp3) is 0.0106. The van der Waals surface area contributed by atoms with Gasteiger partial charge in [0.25, 0.3) is 0 Å². The number of para-hydroxylation sites is 4. The first-order chi connectivity index (χ1) is 50.1. The molecule has 2 N–H and O–H groups in total. The summed E-state index contributed by atoms with van der Waals surface area (Å²) in [6.45, 7) is 0. The molecule has 0 amide bonds. The molecule has 0 aliphatic heterocycles. The maximum atomic E-state index is 4.81. The van der Waals surface area contributed by atoms with E-state index < -0.39 is 0 Å². The van der Waals surface area contributed by atoms with Gasteiger partial charge < -0.3 is 14.1 Å². The second-order valence-electron chi connectivity index (χ2n) is 24.8. The van der Waals surface area contributed by atoms with Crippen molar-refractivity contribution in [2.24, 2.45) is 0 Å². The minimum atomic E-state index is 0. The van der Waals surface area contributed by atoms with Crippen molar-refractivity contribution in [1.82, 2.24) is 14.1 Å². The van der Waals surface area contributed by atoms with E-state index in [1.807, 2.05) is 48.9 Å². The van der Waals surface area contributed by atoms with E-state index in [0.717, 1.165) is 11.3 Å². The van der Waals surface area contributed by atoms with Crippen LogP contribution in [0.1, 0.15) is 0 Å². The first kappa shape index (κ1) is 66.0. The van der Waals surface area contributed by atoms with E-state index in [-0.39, 0.29) is 20.1 Å². The molecular weight excluding hydrogens is 1430 g/mol. The maximum absolute atomic E-state index is 4.81. The van der Waals surface area contributed by atoms with Gasteiger partial charge in [-0.3, -0.25) is 0 Å². The van der Waals surface area contributed by atoms with E-state index in [1.54, 1.807) is 0 Å². The van der Waals surface area contributed by atoms with Crippen LogP contribution in [0, 0.1) is 6.07 Å². The van der Waals surface area contributed by atoms with Gasteiger partial charge in [-0.1, -0.05) is 237 Å². The molecule has 0 aliphatic carbocycles. The van der Waals surface area contributed by atoms with Gasteiger partial charge in [0, 0.05) is 93.3 Å². The van der Waals surface area contributed by atoms with Gasteiger partial charge in [-0.2, -0.15) is 0 Å². The Kier molecular flexibility index (Phi) is 19.6. The summed E-state index contributed by atoms with van der Waals surface area (Å²) in [6, 6.07) is 130. The Bertz CT molecular complexity index is 5690. The van der Waals surface area contributed by atoms with E-state index in [2.05, 4.69) is 367 Å². The van der Waals surface area contributed by atoms with Gasteiger partial charge in [-0.25, -0.2) is 9.97 Å². The number of rotatable bonds is 6. The van der Waals surface area contributed by atoms with Crippen LogP contribution in [-0.2, 0) is 20.1 Å². The number of H-pyrrole nitrogens is 2. The van der Waals surface area contributed by atoms with Crippen LogP contribution < -0.4 is 9.97 Å². The summed E-state index contributed by atoms with van der Waals surface area (Å²) in [7, 11) is 7.17. The molecule has 20 rings (SSSR count). The molecule has 102 heavy (non-hydrogen) atoms. The van der Waals surface area contributed by atoms with Crippen LogP contribution >= 0.6 is 9.24 Å². The maximum Gasteiger partial charge on any atom is 0.218 e. The predicted molar refractivity (Wildman–Crippen MR) is 431 cm³/mol. The second kappa shape index (κ2) is 30.3. The van der Waals surface area contributed by atoms with E-state index in [0.29, 0.717) is 6.06 Å².